The second kappa shape index (κ2) is 4.26. The Balaban J connectivity index is 2.20. The van der Waals surface area contributed by atoms with Crippen LogP contribution in [0.15, 0.2) is 23.5 Å². The molecule has 0 radical (unpaired) electrons. The van der Waals surface area contributed by atoms with E-state index in [1.807, 2.05) is 25.7 Å². The molecule has 0 aromatic heterocycles. The van der Waals surface area contributed by atoms with Crippen molar-refractivity contribution in [3.63, 3.8) is 0 Å². The molecule has 98 valence electrons. The highest BCUT2D eigenvalue weighted by Crippen LogP contribution is 2.41. The Morgan fingerprint density at radius 3 is 2.83 bits per heavy atom. The van der Waals surface area contributed by atoms with Gasteiger partial charge < -0.3 is 10.2 Å². The summed E-state index contributed by atoms with van der Waals surface area (Å²) in [7, 11) is 0. The molecule has 18 heavy (non-hydrogen) atoms. The maximum absolute atomic E-state index is 12.1. The van der Waals surface area contributed by atoms with E-state index in [2.05, 4.69) is 12.2 Å². The van der Waals surface area contributed by atoms with Crippen molar-refractivity contribution >= 4 is 11.7 Å². The van der Waals surface area contributed by atoms with E-state index in [-0.39, 0.29) is 11.7 Å². The Bertz CT molecular complexity index is 460. The molecule has 0 aromatic carbocycles. The van der Waals surface area contributed by atoms with Crippen LogP contribution in [0.4, 0.5) is 0 Å². The highest BCUT2D eigenvalue weighted by atomic mass is 16.2. The van der Waals surface area contributed by atoms with Crippen LogP contribution in [-0.2, 0) is 9.59 Å². The van der Waals surface area contributed by atoms with Gasteiger partial charge in [-0.2, -0.15) is 0 Å². The standard InChI is InChI=1S/C14H20N2O2/c1-9(2)7-13(18)15-12-8-11(17)14(4)6-5-10(3)16(12)14/h7-8,10H,5-6H2,1-4H3,(H,15,18)/t10-,14+/m0/s1. The van der Waals surface area contributed by atoms with Crippen molar-refractivity contribution in [3.05, 3.63) is 23.5 Å². The number of nitrogens with one attached hydrogen (secondary N) is 1. The van der Waals surface area contributed by atoms with Crippen molar-refractivity contribution in [1.29, 1.82) is 0 Å². The molecule has 1 N–H and O–H groups in total. The molecule has 1 fully saturated rings. The van der Waals surface area contributed by atoms with Gasteiger partial charge in [-0.25, -0.2) is 0 Å². The molecule has 2 rings (SSSR count). The normalized spacial score (nSPS) is 30.0. The van der Waals surface area contributed by atoms with Crippen molar-refractivity contribution in [2.24, 2.45) is 0 Å². The topological polar surface area (TPSA) is 49.4 Å². The second-order valence-corrected chi connectivity index (χ2v) is 5.64. The van der Waals surface area contributed by atoms with Crippen molar-refractivity contribution in [3.8, 4) is 0 Å². The molecular formula is C14H20N2O2. The van der Waals surface area contributed by atoms with E-state index < -0.39 is 5.54 Å². The lowest BCUT2D eigenvalue weighted by Gasteiger charge is -2.33. The number of nitrogens with zero attached hydrogens (tertiary/aromatic N) is 1. The average Bonchev–Trinajstić information content (AvgIpc) is 2.65. The Hall–Kier alpha value is -1.58. The summed E-state index contributed by atoms with van der Waals surface area (Å²) in [6.45, 7) is 7.78. The number of rotatable bonds is 2. The van der Waals surface area contributed by atoms with Gasteiger partial charge in [-0.05, 0) is 40.5 Å². The number of hydrogen-bond acceptors (Lipinski definition) is 3. The number of allylic oxidation sites excluding steroid dienone is 1. The van der Waals surface area contributed by atoms with Crippen molar-refractivity contribution < 1.29 is 9.59 Å². The van der Waals surface area contributed by atoms with E-state index in [0.29, 0.717) is 11.9 Å². The maximum atomic E-state index is 12.1. The third-order valence-corrected chi connectivity index (χ3v) is 3.75. The van der Waals surface area contributed by atoms with E-state index in [0.717, 1.165) is 18.4 Å². The summed E-state index contributed by atoms with van der Waals surface area (Å²) in [5.74, 6) is 0.576. The fourth-order valence-electron chi connectivity index (χ4n) is 2.84. The Morgan fingerprint density at radius 1 is 1.56 bits per heavy atom. The first kappa shape index (κ1) is 12.9. The summed E-state index contributed by atoms with van der Waals surface area (Å²) in [5.41, 5.74) is 0.488. The minimum absolute atomic E-state index is 0.0966. The molecule has 2 aliphatic heterocycles. The fourth-order valence-corrected chi connectivity index (χ4v) is 2.84. The van der Waals surface area contributed by atoms with Crippen molar-refractivity contribution in [1.82, 2.24) is 10.2 Å². The summed E-state index contributed by atoms with van der Waals surface area (Å²) >= 11 is 0. The van der Waals surface area contributed by atoms with Crippen LogP contribution in [0.3, 0.4) is 0 Å². The molecule has 4 nitrogen and oxygen atoms in total. The predicted molar refractivity (Wildman–Crippen MR) is 69.6 cm³/mol. The number of amides is 1. The quantitative estimate of drug-likeness (QED) is 0.757. The van der Waals surface area contributed by atoms with Gasteiger partial charge in [0.15, 0.2) is 5.78 Å². The number of fused-ring (bicyclic) bond motifs is 1. The van der Waals surface area contributed by atoms with Gasteiger partial charge >= 0.3 is 0 Å². The second-order valence-electron chi connectivity index (χ2n) is 5.64. The SMILES string of the molecule is CC(C)=CC(=O)NC1=CC(=O)[C@@]2(C)CC[C@H](C)N12. The highest BCUT2D eigenvalue weighted by Gasteiger charge is 2.50. The highest BCUT2D eigenvalue weighted by molar-refractivity contribution is 6.02. The first-order chi connectivity index (χ1) is 8.34. The molecule has 1 amide bonds. The minimum Gasteiger partial charge on any atom is -0.342 e. The van der Waals surface area contributed by atoms with Crippen LogP contribution in [0, 0.1) is 0 Å². The smallest absolute Gasteiger partial charge is 0.249 e. The molecule has 0 aromatic rings. The number of hydrogen-bond donors (Lipinski definition) is 1. The van der Waals surface area contributed by atoms with Gasteiger partial charge in [0.1, 0.15) is 11.4 Å². The molecule has 0 bridgehead atoms. The Labute approximate surface area is 108 Å². The zero-order valence-electron chi connectivity index (χ0n) is 11.4. The average molecular weight is 248 g/mol. The van der Waals surface area contributed by atoms with E-state index in [1.165, 1.54) is 0 Å². The predicted octanol–water partition coefficient (Wildman–Crippen LogP) is 1.74. The molecule has 2 atom stereocenters. The van der Waals surface area contributed by atoms with E-state index in [1.54, 1.807) is 12.2 Å². The summed E-state index contributed by atoms with van der Waals surface area (Å²) < 4.78 is 0. The van der Waals surface area contributed by atoms with Crippen LogP contribution in [-0.4, -0.2) is 28.2 Å². The zero-order chi connectivity index (χ0) is 13.5. The molecule has 0 unspecified atom stereocenters. The van der Waals surface area contributed by atoms with Gasteiger partial charge in [0, 0.05) is 18.2 Å². The van der Waals surface area contributed by atoms with Gasteiger partial charge in [0.25, 0.3) is 0 Å². The lowest BCUT2D eigenvalue weighted by atomic mass is 9.96. The number of carbonyl (C=O) groups is 2. The van der Waals surface area contributed by atoms with Crippen LogP contribution < -0.4 is 5.32 Å². The monoisotopic (exact) mass is 248 g/mol. The number of carbonyl (C=O) groups excluding carboxylic acids is 2. The molecule has 0 aliphatic carbocycles. The summed E-state index contributed by atoms with van der Waals surface area (Å²) in [6.07, 6.45) is 4.94. The van der Waals surface area contributed by atoms with Crippen LogP contribution in [0.1, 0.15) is 40.5 Å². The largest absolute Gasteiger partial charge is 0.342 e. The zero-order valence-corrected chi connectivity index (χ0v) is 11.4. The van der Waals surface area contributed by atoms with Crippen LogP contribution in [0.5, 0.6) is 0 Å². The van der Waals surface area contributed by atoms with Gasteiger partial charge in [-0.3, -0.25) is 9.59 Å². The maximum Gasteiger partial charge on any atom is 0.249 e. The Kier molecular flexibility index (Phi) is 3.05. The lowest BCUT2D eigenvalue weighted by molar-refractivity contribution is -0.122. The summed E-state index contributed by atoms with van der Waals surface area (Å²) in [6, 6.07) is 0.291. The summed E-state index contributed by atoms with van der Waals surface area (Å²) in [5, 5.41) is 2.82. The minimum atomic E-state index is -0.451. The van der Waals surface area contributed by atoms with Crippen LogP contribution in [0.25, 0.3) is 0 Å². The Morgan fingerprint density at radius 2 is 2.22 bits per heavy atom. The van der Waals surface area contributed by atoms with Crippen molar-refractivity contribution in [2.45, 2.75) is 52.1 Å². The van der Waals surface area contributed by atoms with E-state index in [4.69, 9.17) is 0 Å². The van der Waals surface area contributed by atoms with Crippen LogP contribution >= 0.6 is 0 Å². The molecule has 4 heteroatoms. The van der Waals surface area contributed by atoms with Gasteiger partial charge in [0.05, 0.1) is 0 Å². The van der Waals surface area contributed by atoms with E-state index >= 15 is 0 Å². The lowest BCUT2D eigenvalue weighted by Crippen LogP contribution is -2.46. The van der Waals surface area contributed by atoms with Crippen molar-refractivity contribution in [2.75, 3.05) is 0 Å². The molecule has 0 saturated carbocycles. The summed E-state index contributed by atoms with van der Waals surface area (Å²) in [4.78, 5) is 25.8. The molecule has 1 saturated heterocycles. The first-order valence-electron chi connectivity index (χ1n) is 6.36. The molecule has 0 spiro atoms. The van der Waals surface area contributed by atoms with Gasteiger partial charge in [-0.15, -0.1) is 0 Å². The molecule has 2 aliphatic rings. The van der Waals surface area contributed by atoms with Gasteiger partial charge in [-0.1, -0.05) is 5.57 Å². The molecular weight excluding hydrogens is 228 g/mol. The third-order valence-electron chi connectivity index (χ3n) is 3.75. The van der Waals surface area contributed by atoms with E-state index in [9.17, 15) is 9.59 Å². The molecule has 2 heterocycles. The third kappa shape index (κ3) is 1.96. The van der Waals surface area contributed by atoms with Crippen LogP contribution in [0.2, 0.25) is 0 Å². The van der Waals surface area contributed by atoms with Gasteiger partial charge in [0.2, 0.25) is 5.91 Å². The number of ketones is 1. The first-order valence-corrected chi connectivity index (χ1v) is 6.36. The fraction of sp³-hybridized carbons (Fsp3) is 0.571.